The van der Waals surface area contributed by atoms with Gasteiger partial charge in [-0.25, -0.2) is 0 Å². The summed E-state index contributed by atoms with van der Waals surface area (Å²) in [6, 6.07) is 7.27. The van der Waals surface area contributed by atoms with Gasteiger partial charge in [-0.3, -0.25) is 9.59 Å². The van der Waals surface area contributed by atoms with E-state index in [1.165, 1.54) is 6.92 Å². The number of para-hydroxylation sites is 2. The molecule has 2 heterocycles. The summed E-state index contributed by atoms with van der Waals surface area (Å²) in [6.45, 7) is 4.08. The Bertz CT molecular complexity index is 959. The van der Waals surface area contributed by atoms with Gasteiger partial charge in [0.25, 0.3) is 0 Å². The van der Waals surface area contributed by atoms with Crippen LogP contribution in [0, 0.1) is 0 Å². The first-order valence-corrected chi connectivity index (χ1v) is 11.9. The van der Waals surface area contributed by atoms with Gasteiger partial charge in [0.05, 0.1) is 5.69 Å². The average molecular weight is 456 g/mol. The molecule has 9 heteroatoms. The van der Waals surface area contributed by atoms with Gasteiger partial charge in [-0.1, -0.05) is 43.0 Å². The summed E-state index contributed by atoms with van der Waals surface area (Å²) in [5, 5.41) is 17.3. The van der Waals surface area contributed by atoms with E-state index in [2.05, 4.69) is 20.4 Å². The molecule has 1 aromatic heterocycles. The van der Waals surface area contributed by atoms with Crippen LogP contribution in [0.2, 0.25) is 0 Å². The number of aryl methyl sites for hydroxylation is 1. The van der Waals surface area contributed by atoms with Crippen LogP contribution in [0.15, 0.2) is 28.8 Å². The molecule has 1 aliphatic heterocycles. The molecule has 1 saturated carbocycles. The van der Waals surface area contributed by atoms with Gasteiger partial charge in [-0.2, -0.15) is 4.98 Å². The number of aromatic hydroxyl groups is 1. The molecular formula is C24H33N5O4. The van der Waals surface area contributed by atoms with E-state index in [1.807, 2.05) is 17.0 Å². The maximum atomic E-state index is 12.8. The molecule has 9 nitrogen and oxygen atoms in total. The number of benzene rings is 1. The first kappa shape index (κ1) is 23.1. The van der Waals surface area contributed by atoms with Crippen molar-refractivity contribution in [3.63, 3.8) is 0 Å². The molecule has 0 bridgehead atoms. The average Bonchev–Trinajstić information content (AvgIpc) is 3.17. The third-order valence-electron chi connectivity index (χ3n) is 6.68. The van der Waals surface area contributed by atoms with Gasteiger partial charge in [0.2, 0.25) is 17.7 Å². The van der Waals surface area contributed by atoms with Crippen molar-refractivity contribution in [2.24, 2.45) is 0 Å². The summed E-state index contributed by atoms with van der Waals surface area (Å²) in [5.41, 5.74) is 0.225. The third kappa shape index (κ3) is 5.46. The smallest absolute Gasteiger partial charge is 0.227 e. The molecule has 0 unspecified atom stereocenters. The molecule has 1 aromatic carbocycles. The Hall–Kier alpha value is -3.10. The van der Waals surface area contributed by atoms with Crippen molar-refractivity contribution in [3.8, 4) is 5.75 Å². The lowest BCUT2D eigenvalue weighted by molar-refractivity contribution is -0.131. The van der Waals surface area contributed by atoms with Crippen LogP contribution in [0.4, 0.5) is 5.69 Å². The number of aromatic nitrogens is 2. The zero-order valence-corrected chi connectivity index (χ0v) is 19.3. The Morgan fingerprint density at radius 2 is 1.79 bits per heavy atom. The summed E-state index contributed by atoms with van der Waals surface area (Å²) in [7, 11) is 0. The first-order chi connectivity index (χ1) is 16.0. The minimum Gasteiger partial charge on any atom is -0.506 e. The van der Waals surface area contributed by atoms with Crippen molar-refractivity contribution in [2.45, 2.75) is 63.8 Å². The van der Waals surface area contributed by atoms with Gasteiger partial charge in [-0.15, -0.1) is 0 Å². The van der Waals surface area contributed by atoms with Crippen molar-refractivity contribution >= 4 is 17.5 Å². The third-order valence-corrected chi connectivity index (χ3v) is 6.68. The number of carbonyl (C=O) groups is 2. The van der Waals surface area contributed by atoms with Crippen LogP contribution < -0.4 is 10.2 Å². The van der Waals surface area contributed by atoms with Crippen LogP contribution in [0.3, 0.4) is 0 Å². The number of phenolic OH excluding ortho intramolecular Hbond substituents is 1. The van der Waals surface area contributed by atoms with Gasteiger partial charge in [0, 0.05) is 45.9 Å². The maximum absolute atomic E-state index is 12.8. The van der Waals surface area contributed by atoms with E-state index in [4.69, 9.17) is 4.52 Å². The van der Waals surface area contributed by atoms with Gasteiger partial charge < -0.3 is 24.7 Å². The van der Waals surface area contributed by atoms with Crippen LogP contribution in [0.25, 0.3) is 0 Å². The largest absolute Gasteiger partial charge is 0.506 e. The second kappa shape index (κ2) is 10.2. The minimum absolute atomic E-state index is 0.0534. The second-order valence-corrected chi connectivity index (χ2v) is 9.05. The van der Waals surface area contributed by atoms with E-state index in [1.54, 1.807) is 12.1 Å². The molecule has 0 radical (unpaired) electrons. The van der Waals surface area contributed by atoms with E-state index in [9.17, 15) is 14.7 Å². The zero-order chi connectivity index (χ0) is 23.3. The number of rotatable bonds is 6. The monoisotopic (exact) mass is 455 g/mol. The molecule has 2 N–H and O–H groups in total. The lowest BCUT2D eigenvalue weighted by Gasteiger charge is -2.36. The number of amides is 2. The number of anilines is 1. The van der Waals surface area contributed by atoms with Crippen molar-refractivity contribution in [2.75, 3.05) is 31.1 Å². The standard InChI is InChI=1S/C24H33N5O4/c1-18(30)26-24(12-6-2-3-7-13-24)23-25-21(33-27-23)10-11-22(32)29-16-14-28(15-17-29)19-8-4-5-9-20(19)31/h4-5,8-9,31H,2-3,6-7,10-17H2,1H3,(H,26,30). The van der Waals surface area contributed by atoms with E-state index in [0.29, 0.717) is 50.7 Å². The predicted molar refractivity (Wildman–Crippen MR) is 123 cm³/mol. The first-order valence-electron chi connectivity index (χ1n) is 11.9. The fourth-order valence-corrected chi connectivity index (χ4v) is 4.92. The van der Waals surface area contributed by atoms with Crippen LogP contribution in [-0.4, -0.2) is 58.1 Å². The molecule has 2 fully saturated rings. The molecule has 0 spiro atoms. The molecule has 2 amide bonds. The molecule has 4 rings (SSSR count). The fraction of sp³-hybridized carbons (Fsp3) is 0.583. The Balaban J connectivity index is 1.32. The van der Waals surface area contributed by atoms with Crippen molar-refractivity contribution < 1.29 is 19.2 Å². The summed E-state index contributed by atoms with van der Waals surface area (Å²) < 4.78 is 5.47. The van der Waals surface area contributed by atoms with Crippen molar-refractivity contribution in [1.82, 2.24) is 20.4 Å². The zero-order valence-electron chi connectivity index (χ0n) is 19.3. The second-order valence-electron chi connectivity index (χ2n) is 9.05. The Morgan fingerprint density at radius 3 is 2.45 bits per heavy atom. The maximum Gasteiger partial charge on any atom is 0.227 e. The molecule has 2 aliphatic rings. The number of phenols is 1. The highest BCUT2D eigenvalue weighted by Gasteiger charge is 2.38. The minimum atomic E-state index is -0.576. The lowest BCUT2D eigenvalue weighted by atomic mass is 9.89. The SMILES string of the molecule is CC(=O)NC1(c2noc(CCC(=O)N3CCN(c4ccccc4O)CC3)n2)CCCCCC1. The van der Waals surface area contributed by atoms with E-state index in [0.717, 1.165) is 44.2 Å². The van der Waals surface area contributed by atoms with Crippen LogP contribution in [0.5, 0.6) is 5.75 Å². The fourth-order valence-electron chi connectivity index (χ4n) is 4.92. The van der Waals surface area contributed by atoms with Gasteiger partial charge in [-0.05, 0) is 25.0 Å². The molecule has 33 heavy (non-hydrogen) atoms. The number of hydrogen-bond donors (Lipinski definition) is 2. The van der Waals surface area contributed by atoms with E-state index < -0.39 is 5.54 Å². The Kier molecular flexibility index (Phi) is 7.15. The van der Waals surface area contributed by atoms with E-state index in [-0.39, 0.29) is 17.6 Å². The van der Waals surface area contributed by atoms with Crippen molar-refractivity contribution in [1.29, 1.82) is 0 Å². The summed E-state index contributed by atoms with van der Waals surface area (Å²) in [6.07, 6.45) is 6.56. The number of nitrogens with zero attached hydrogens (tertiary/aromatic N) is 4. The molecule has 1 saturated heterocycles. The Morgan fingerprint density at radius 1 is 1.09 bits per heavy atom. The normalized spacial score (nSPS) is 18.6. The molecule has 178 valence electrons. The highest BCUT2D eigenvalue weighted by molar-refractivity contribution is 5.77. The van der Waals surface area contributed by atoms with Crippen LogP contribution in [0.1, 0.15) is 63.6 Å². The van der Waals surface area contributed by atoms with E-state index >= 15 is 0 Å². The molecular weight excluding hydrogens is 422 g/mol. The van der Waals surface area contributed by atoms with Crippen LogP contribution in [-0.2, 0) is 21.5 Å². The summed E-state index contributed by atoms with van der Waals surface area (Å²) in [4.78, 5) is 33.1. The van der Waals surface area contributed by atoms with Crippen molar-refractivity contribution in [3.05, 3.63) is 36.0 Å². The summed E-state index contributed by atoms with van der Waals surface area (Å²) in [5.74, 6) is 1.17. The number of piperazine rings is 1. The quantitative estimate of drug-likeness (QED) is 0.644. The topological polar surface area (TPSA) is 112 Å². The number of nitrogens with one attached hydrogen (secondary N) is 1. The molecule has 2 aromatic rings. The molecule has 0 atom stereocenters. The van der Waals surface area contributed by atoms with Crippen LogP contribution >= 0.6 is 0 Å². The highest BCUT2D eigenvalue weighted by atomic mass is 16.5. The number of hydrogen-bond acceptors (Lipinski definition) is 7. The van der Waals surface area contributed by atoms with Gasteiger partial charge in [0.1, 0.15) is 11.3 Å². The summed E-state index contributed by atoms with van der Waals surface area (Å²) >= 11 is 0. The van der Waals surface area contributed by atoms with Gasteiger partial charge in [0.15, 0.2) is 5.82 Å². The lowest BCUT2D eigenvalue weighted by Crippen LogP contribution is -2.48. The Labute approximate surface area is 194 Å². The van der Waals surface area contributed by atoms with Gasteiger partial charge >= 0.3 is 0 Å². The highest BCUT2D eigenvalue weighted by Crippen LogP contribution is 2.34. The molecule has 1 aliphatic carbocycles. The number of carbonyl (C=O) groups excluding carboxylic acids is 2. The predicted octanol–water partition coefficient (Wildman–Crippen LogP) is 2.74.